The summed E-state index contributed by atoms with van der Waals surface area (Å²) in [7, 11) is 0. The Morgan fingerprint density at radius 3 is 3.05 bits per heavy atom. The van der Waals surface area contributed by atoms with Crippen LogP contribution in [0.4, 0.5) is 4.39 Å². The van der Waals surface area contributed by atoms with E-state index in [1.54, 1.807) is 17.4 Å². The Bertz CT molecular complexity index is 698. The third kappa shape index (κ3) is 3.13. The molecule has 0 saturated heterocycles. The lowest BCUT2D eigenvalue weighted by molar-refractivity contribution is -0.131. The third-order valence-electron chi connectivity index (χ3n) is 3.23. The molecule has 0 radical (unpaired) electrons. The topological polar surface area (TPSA) is 50.7 Å². The van der Waals surface area contributed by atoms with Crippen molar-refractivity contribution in [3.05, 3.63) is 57.0 Å². The van der Waals surface area contributed by atoms with Gasteiger partial charge in [0.05, 0.1) is 22.8 Å². The average molecular weight is 339 g/mol. The molecular weight excluding hydrogens is 327 g/mol. The van der Waals surface area contributed by atoms with Gasteiger partial charge in [-0.15, -0.1) is 11.3 Å². The number of thiophene rings is 1. The number of carbonyl (C=O) groups is 1. The van der Waals surface area contributed by atoms with Crippen LogP contribution in [0.15, 0.2) is 40.9 Å². The number of halogens is 2. The second-order valence-electron chi connectivity index (χ2n) is 4.73. The molecule has 4 nitrogen and oxygen atoms in total. The van der Waals surface area contributed by atoms with E-state index in [-0.39, 0.29) is 22.9 Å². The third-order valence-corrected chi connectivity index (χ3v) is 4.42. The van der Waals surface area contributed by atoms with Crippen molar-refractivity contribution in [2.75, 3.05) is 0 Å². The summed E-state index contributed by atoms with van der Waals surface area (Å²) >= 11 is 7.55. The van der Waals surface area contributed by atoms with Crippen LogP contribution >= 0.6 is 22.9 Å². The molecule has 0 saturated carbocycles. The van der Waals surface area contributed by atoms with Crippen molar-refractivity contribution in [3.8, 4) is 0 Å². The molecule has 1 aliphatic heterocycles. The first-order valence-electron chi connectivity index (χ1n) is 6.62. The summed E-state index contributed by atoms with van der Waals surface area (Å²) in [6.07, 6.45) is -0.567. The maximum atomic E-state index is 13.8. The van der Waals surface area contributed by atoms with Gasteiger partial charge in [-0.1, -0.05) is 28.9 Å². The van der Waals surface area contributed by atoms with E-state index in [0.717, 1.165) is 4.88 Å². The molecule has 1 aliphatic rings. The normalized spacial score (nSPS) is 17.0. The molecule has 1 atom stereocenters. The molecule has 7 heteroatoms. The van der Waals surface area contributed by atoms with Crippen LogP contribution in [0, 0.1) is 5.82 Å². The molecule has 1 aromatic carbocycles. The Hall–Kier alpha value is -1.92. The highest BCUT2D eigenvalue weighted by Crippen LogP contribution is 2.25. The van der Waals surface area contributed by atoms with Gasteiger partial charge in [-0.3, -0.25) is 4.79 Å². The zero-order valence-corrected chi connectivity index (χ0v) is 13.0. The van der Waals surface area contributed by atoms with Crippen LogP contribution in [0.25, 0.3) is 0 Å². The van der Waals surface area contributed by atoms with Crippen molar-refractivity contribution in [1.29, 1.82) is 0 Å². The number of amides is 1. The molecule has 1 aromatic heterocycles. The van der Waals surface area contributed by atoms with Gasteiger partial charge in [0.1, 0.15) is 5.82 Å². The van der Waals surface area contributed by atoms with Crippen LogP contribution in [0.1, 0.15) is 16.9 Å². The first kappa shape index (κ1) is 15.0. The summed E-state index contributed by atoms with van der Waals surface area (Å²) < 4.78 is 13.8. The fourth-order valence-corrected chi connectivity index (χ4v) is 3.06. The van der Waals surface area contributed by atoms with Crippen LogP contribution in [-0.2, 0) is 16.2 Å². The van der Waals surface area contributed by atoms with E-state index in [4.69, 9.17) is 16.4 Å². The van der Waals surface area contributed by atoms with Gasteiger partial charge in [0.15, 0.2) is 0 Å². The van der Waals surface area contributed by atoms with E-state index >= 15 is 0 Å². The first-order chi connectivity index (χ1) is 10.6. The van der Waals surface area contributed by atoms with Gasteiger partial charge in [-0.05, 0) is 23.6 Å². The first-order valence-corrected chi connectivity index (χ1v) is 7.88. The molecule has 2 heterocycles. The fourth-order valence-electron chi connectivity index (χ4n) is 2.14. The van der Waals surface area contributed by atoms with Gasteiger partial charge in [-0.2, -0.15) is 0 Å². The largest absolute Gasteiger partial charge is 0.382 e. The minimum Gasteiger partial charge on any atom is -0.382 e. The second-order valence-corrected chi connectivity index (χ2v) is 6.17. The lowest BCUT2D eigenvalue weighted by Gasteiger charge is -2.08. The quantitative estimate of drug-likeness (QED) is 0.929. The standard InChI is InChI=1S/C15H12ClFN2O2S/c16-10-4-1-5-11(17)14(10)12-7-13(21-19-12)15(20)18-8-9-3-2-6-22-9/h1-6,13H,7-8H2,(H,18,20)/t13-/m1/s1. The van der Waals surface area contributed by atoms with Crippen LogP contribution < -0.4 is 5.32 Å². The Morgan fingerprint density at radius 1 is 1.45 bits per heavy atom. The van der Waals surface area contributed by atoms with E-state index in [0.29, 0.717) is 12.3 Å². The highest BCUT2D eigenvalue weighted by Gasteiger charge is 2.30. The Morgan fingerprint density at radius 2 is 2.32 bits per heavy atom. The maximum absolute atomic E-state index is 13.8. The van der Waals surface area contributed by atoms with Crippen LogP contribution in [0.5, 0.6) is 0 Å². The lowest BCUT2D eigenvalue weighted by atomic mass is 10.0. The highest BCUT2D eigenvalue weighted by molar-refractivity contribution is 7.09. The monoisotopic (exact) mass is 338 g/mol. The molecule has 0 aliphatic carbocycles. The van der Waals surface area contributed by atoms with E-state index in [2.05, 4.69) is 10.5 Å². The SMILES string of the molecule is O=C(NCc1cccs1)[C@H]1CC(c2c(F)cccc2Cl)=NO1. The van der Waals surface area contributed by atoms with E-state index in [1.165, 1.54) is 12.1 Å². The maximum Gasteiger partial charge on any atom is 0.264 e. The van der Waals surface area contributed by atoms with Gasteiger partial charge in [0.25, 0.3) is 5.91 Å². The number of rotatable bonds is 4. The van der Waals surface area contributed by atoms with Crippen molar-refractivity contribution in [2.45, 2.75) is 19.1 Å². The van der Waals surface area contributed by atoms with E-state index < -0.39 is 11.9 Å². The van der Waals surface area contributed by atoms with Crippen LogP contribution in [0.3, 0.4) is 0 Å². The van der Waals surface area contributed by atoms with Crippen molar-refractivity contribution < 1.29 is 14.0 Å². The Kier molecular flexibility index (Phi) is 4.40. The summed E-state index contributed by atoms with van der Waals surface area (Å²) in [5.74, 6) is -0.755. The summed E-state index contributed by atoms with van der Waals surface area (Å²) in [5, 5.41) is 8.78. The molecule has 3 rings (SSSR count). The summed E-state index contributed by atoms with van der Waals surface area (Å²) in [4.78, 5) is 18.2. The molecule has 0 spiro atoms. The zero-order chi connectivity index (χ0) is 15.5. The van der Waals surface area contributed by atoms with Gasteiger partial charge in [0, 0.05) is 11.3 Å². The molecule has 0 bridgehead atoms. The zero-order valence-electron chi connectivity index (χ0n) is 11.4. The number of hydrogen-bond acceptors (Lipinski definition) is 4. The Labute approximate surface area is 135 Å². The summed E-state index contributed by atoms with van der Waals surface area (Å²) in [5.41, 5.74) is 0.539. The summed E-state index contributed by atoms with van der Waals surface area (Å²) in [6.45, 7) is 0.437. The van der Waals surface area contributed by atoms with Gasteiger partial charge < -0.3 is 10.2 Å². The molecule has 22 heavy (non-hydrogen) atoms. The highest BCUT2D eigenvalue weighted by atomic mass is 35.5. The van der Waals surface area contributed by atoms with Crippen molar-refractivity contribution in [1.82, 2.24) is 5.32 Å². The minimum absolute atomic E-state index is 0.191. The second kappa shape index (κ2) is 6.46. The predicted molar refractivity (Wildman–Crippen MR) is 83.6 cm³/mol. The summed E-state index contributed by atoms with van der Waals surface area (Å²) in [6, 6.07) is 8.24. The predicted octanol–water partition coefficient (Wildman–Crippen LogP) is 3.35. The number of benzene rings is 1. The molecule has 2 aromatic rings. The van der Waals surface area contributed by atoms with Crippen LogP contribution in [-0.4, -0.2) is 17.7 Å². The minimum atomic E-state index is -0.759. The average Bonchev–Trinajstić information content (AvgIpc) is 3.16. The molecule has 0 fully saturated rings. The van der Waals surface area contributed by atoms with Crippen molar-refractivity contribution >= 4 is 34.6 Å². The fraction of sp³-hybridized carbons (Fsp3) is 0.200. The molecule has 1 N–H and O–H groups in total. The van der Waals surface area contributed by atoms with Gasteiger partial charge >= 0.3 is 0 Å². The van der Waals surface area contributed by atoms with Gasteiger partial charge in [-0.25, -0.2) is 4.39 Å². The van der Waals surface area contributed by atoms with Gasteiger partial charge in [0.2, 0.25) is 6.10 Å². The number of nitrogens with zero attached hydrogens (tertiary/aromatic N) is 1. The molecule has 114 valence electrons. The number of nitrogens with one attached hydrogen (secondary N) is 1. The molecule has 0 unspecified atom stereocenters. The van der Waals surface area contributed by atoms with Crippen molar-refractivity contribution in [2.24, 2.45) is 5.16 Å². The number of hydrogen-bond donors (Lipinski definition) is 1. The van der Waals surface area contributed by atoms with E-state index in [1.807, 2.05) is 17.5 Å². The smallest absolute Gasteiger partial charge is 0.264 e. The van der Waals surface area contributed by atoms with Crippen LogP contribution in [0.2, 0.25) is 5.02 Å². The van der Waals surface area contributed by atoms with Crippen molar-refractivity contribution in [3.63, 3.8) is 0 Å². The molecule has 1 amide bonds. The number of carbonyl (C=O) groups excluding carboxylic acids is 1. The lowest BCUT2D eigenvalue weighted by Crippen LogP contribution is -2.34. The van der Waals surface area contributed by atoms with E-state index in [9.17, 15) is 9.18 Å². The number of oxime groups is 1. The molecular formula is C15H12ClFN2O2S. The Balaban J connectivity index is 1.63.